The molecule has 0 saturated carbocycles. The molecule has 1 aliphatic rings. The van der Waals surface area contributed by atoms with Crippen molar-refractivity contribution in [1.82, 2.24) is 20.2 Å². The highest BCUT2D eigenvalue weighted by atomic mass is 16.2. The summed E-state index contributed by atoms with van der Waals surface area (Å²) in [6.07, 6.45) is 6.50. The van der Waals surface area contributed by atoms with Gasteiger partial charge in [-0.25, -0.2) is 0 Å². The van der Waals surface area contributed by atoms with E-state index in [1.54, 1.807) is 12.4 Å². The molecule has 1 N–H and O–H groups in total. The summed E-state index contributed by atoms with van der Waals surface area (Å²) < 4.78 is 0. The van der Waals surface area contributed by atoms with Gasteiger partial charge in [0.05, 0.1) is 11.0 Å². The van der Waals surface area contributed by atoms with Crippen molar-refractivity contribution in [2.45, 2.75) is 25.3 Å². The largest absolute Gasteiger partial charge is 0.339 e. The second-order valence-electron chi connectivity index (χ2n) is 5.51. The van der Waals surface area contributed by atoms with Crippen LogP contribution in [0.1, 0.15) is 29.6 Å². The van der Waals surface area contributed by atoms with Crippen LogP contribution in [0.3, 0.4) is 0 Å². The number of hydrogen-bond donors (Lipinski definition) is 1. The van der Waals surface area contributed by atoms with Crippen molar-refractivity contribution in [3.63, 3.8) is 0 Å². The van der Waals surface area contributed by atoms with Gasteiger partial charge in [-0.2, -0.15) is 0 Å². The molecular weight excluding hydrogens is 264 g/mol. The molecule has 1 atom stereocenters. The molecule has 0 radical (unpaired) electrons. The molecule has 0 bridgehead atoms. The number of aromatic nitrogens is 2. The summed E-state index contributed by atoms with van der Waals surface area (Å²) in [6.45, 7) is 2.02. The molecule has 5 heteroatoms. The smallest absolute Gasteiger partial charge is 0.253 e. The number of carbonyl (C=O) groups is 1. The molecule has 2 aromatic rings. The van der Waals surface area contributed by atoms with Gasteiger partial charge in [0.15, 0.2) is 0 Å². The Hall–Kier alpha value is -2.01. The molecule has 1 fully saturated rings. The molecule has 0 spiro atoms. The van der Waals surface area contributed by atoms with Crippen LogP contribution >= 0.6 is 0 Å². The van der Waals surface area contributed by atoms with E-state index in [1.165, 1.54) is 0 Å². The van der Waals surface area contributed by atoms with E-state index >= 15 is 0 Å². The minimum atomic E-state index is 0.0643. The Labute approximate surface area is 124 Å². The zero-order valence-corrected chi connectivity index (χ0v) is 12.2. The molecule has 1 amide bonds. The van der Waals surface area contributed by atoms with Gasteiger partial charge in [-0.3, -0.25) is 14.8 Å². The lowest BCUT2D eigenvalue weighted by Gasteiger charge is -2.27. The third kappa shape index (κ3) is 3.03. The van der Waals surface area contributed by atoms with Gasteiger partial charge in [0.2, 0.25) is 0 Å². The summed E-state index contributed by atoms with van der Waals surface area (Å²) in [5.41, 5.74) is 2.26. The van der Waals surface area contributed by atoms with Crippen LogP contribution < -0.4 is 5.32 Å². The van der Waals surface area contributed by atoms with Gasteiger partial charge in [-0.15, -0.1) is 0 Å². The van der Waals surface area contributed by atoms with Gasteiger partial charge in [-0.1, -0.05) is 0 Å². The zero-order chi connectivity index (χ0) is 14.7. The predicted molar refractivity (Wildman–Crippen MR) is 82.1 cm³/mol. The van der Waals surface area contributed by atoms with E-state index in [2.05, 4.69) is 15.3 Å². The third-order valence-corrected chi connectivity index (χ3v) is 4.13. The molecule has 5 nitrogen and oxygen atoms in total. The van der Waals surface area contributed by atoms with E-state index in [9.17, 15) is 4.79 Å². The van der Waals surface area contributed by atoms with Gasteiger partial charge in [0.1, 0.15) is 0 Å². The van der Waals surface area contributed by atoms with Crippen molar-refractivity contribution in [3.8, 4) is 0 Å². The number of hydrogen-bond acceptors (Lipinski definition) is 4. The minimum absolute atomic E-state index is 0.0643. The Kier molecular flexibility index (Phi) is 4.10. The fraction of sp³-hybridized carbons (Fsp3) is 0.438. The fourth-order valence-corrected chi connectivity index (χ4v) is 2.85. The van der Waals surface area contributed by atoms with Crippen molar-refractivity contribution < 1.29 is 4.79 Å². The number of rotatable bonds is 2. The SMILES string of the molecule is CN(C(=O)c1ccc2nccnc2c1)C1CCCNCC1. The van der Waals surface area contributed by atoms with Crippen molar-refractivity contribution in [3.05, 3.63) is 36.2 Å². The van der Waals surface area contributed by atoms with Crippen LogP contribution in [0.25, 0.3) is 11.0 Å². The number of amides is 1. The molecule has 1 aromatic heterocycles. The predicted octanol–water partition coefficient (Wildman–Crippen LogP) is 1.84. The van der Waals surface area contributed by atoms with Gasteiger partial charge in [-0.05, 0) is 50.6 Å². The lowest BCUT2D eigenvalue weighted by molar-refractivity contribution is 0.0720. The summed E-state index contributed by atoms with van der Waals surface area (Å²) in [6, 6.07) is 5.84. The maximum Gasteiger partial charge on any atom is 0.253 e. The normalized spacial score (nSPS) is 19.2. The highest BCUT2D eigenvalue weighted by Gasteiger charge is 2.22. The first kappa shape index (κ1) is 13.9. The number of benzene rings is 1. The van der Waals surface area contributed by atoms with Crippen LogP contribution in [0.5, 0.6) is 0 Å². The van der Waals surface area contributed by atoms with Crippen molar-refractivity contribution in [2.24, 2.45) is 0 Å². The number of nitrogens with zero attached hydrogens (tertiary/aromatic N) is 3. The first-order valence-corrected chi connectivity index (χ1v) is 7.44. The van der Waals surface area contributed by atoms with Gasteiger partial charge in [0, 0.05) is 31.0 Å². The van der Waals surface area contributed by atoms with Gasteiger partial charge < -0.3 is 10.2 Å². The Morgan fingerprint density at radius 2 is 2.00 bits per heavy atom. The van der Waals surface area contributed by atoms with E-state index in [0.29, 0.717) is 11.6 Å². The molecule has 1 saturated heterocycles. The molecule has 0 aliphatic carbocycles. The Balaban J connectivity index is 1.81. The average Bonchev–Trinajstić information content (AvgIpc) is 2.82. The number of carbonyl (C=O) groups excluding carboxylic acids is 1. The van der Waals surface area contributed by atoms with E-state index in [-0.39, 0.29) is 5.91 Å². The van der Waals surface area contributed by atoms with E-state index < -0.39 is 0 Å². The van der Waals surface area contributed by atoms with Crippen LogP contribution in [-0.2, 0) is 0 Å². The Morgan fingerprint density at radius 1 is 1.19 bits per heavy atom. The lowest BCUT2D eigenvalue weighted by Crippen LogP contribution is -2.37. The first-order valence-electron chi connectivity index (χ1n) is 7.44. The highest BCUT2D eigenvalue weighted by molar-refractivity contribution is 5.97. The van der Waals surface area contributed by atoms with Gasteiger partial charge >= 0.3 is 0 Å². The second-order valence-corrected chi connectivity index (χ2v) is 5.51. The molecule has 21 heavy (non-hydrogen) atoms. The number of fused-ring (bicyclic) bond motifs is 1. The monoisotopic (exact) mass is 284 g/mol. The summed E-state index contributed by atoms with van der Waals surface area (Å²) >= 11 is 0. The molecule has 3 rings (SSSR count). The standard InChI is InChI=1S/C16H20N4O/c1-20(13-3-2-7-17-8-6-13)16(21)12-4-5-14-15(11-12)19-10-9-18-14/h4-5,9-11,13,17H,2-3,6-8H2,1H3. The van der Waals surface area contributed by atoms with E-state index in [0.717, 1.165) is 43.4 Å². The molecular formula is C16H20N4O. The molecule has 1 unspecified atom stereocenters. The second kappa shape index (κ2) is 6.18. The van der Waals surface area contributed by atoms with Gasteiger partial charge in [0.25, 0.3) is 5.91 Å². The topological polar surface area (TPSA) is 58.1 Å². The highest BCUT2D eigenvalue weighted by Crippen LogP contribution is 2.17. The summed E-state index contributed by atoms with van der Waals surface area (Å²) in [4.78, 5) is 23.0. The van der Waals surface area contributed by atoms with Crippen LogP contribution in [0, 0.1) is 0 Å². The number of nitrogens with one attached hydrogen (secondary N) is 1. The fourth-order valence-electron chi connectivity index (χ4n) is 2.85. The van der Waals surface area contributed by atoms with Crippen molar-refractivity contribution >= 4 is 16.9 Å². The van der Waals surface area contributed by atoms with Crippen LogP contribution in [0.2, 0.25) is 0 Å². The third-order valence-electron chi connectivity index (χ3n) is 4.13. The van der Waals surface area contributed by atoms with Crippen molar-refractivity contribution in [1.29, 1.82) is 0 Å². The quantitative estimate of drug-likeness (QED) is 0.914. The zero-order valence-electron chi connectivity index (χ0n) is 12.2. The first-order chi connectivity index (χ1) is 10.3. The maximum absolute atomic E-state index is 12.7. The Bertz CT molecular complexity index is 635. The minimum Gasteiger partial charge on any atom is -0.339 e. The van der Waals surface area contributed by atoms with Crippen LogP contribution in [0.4, 0.5) is 0 Å². The summed E-state index contributed by atoms with van der Waals surface area (Å²) in [5.74, 6) is 0.0643. The van der Waals surface area contributed by atoms with E-state index in [4.69, 9.17) is 0 Å². The maximum atomic E-state index is 12.7. The van der Waals surface area contributed by atoms with Crippen molar-refractivity contribution in [2.75, 3.05) is 20.1 Å². The Morgan fingerprint density at radius 3 is 2.86 bits per heavy atom. The molecule has 110 valence electrons. The molecule has 1 aromatic carbocycles. The summed E-state index contributed by atoms with van der Waals surface area (Å²) in [5, 5.41) is 3.38. The van der Waals surface area contributed by atoms with Crippen LogP contribution in [-0.4, -0.2) is 47.0 Å². The van der Waals surface area contributed by atoms with Crippen LogP contribution in [0.15, 0.2) is 30.6 Å². The average molecular weight is 284 g/mol. The lowest BCUT2D eigenvalue weighted by atomic mass is 10.1. The molecule has 1 aliphatic heterocycles. The molecule has 2 heterocycles. The van der Waals surface area contributed by atoms with E-state index in [1.807, 2.05) is 30.1 Å². The summed E-state index contributed by atoms with van der Waals surface area (Å²) in [7, 11) is 1.90.